The number of benzene rings is 1. The molecule has 1 saturated carbocycles. The fourth-order valence-electron chi connectivity index (χ4n) is 2.62. The van der Waals surface area contributed by atoms with Gasteiger partial charge in [0, 0.05) is 6.04 Å². The van der Waals surface area contributed by atoms with Crippen molar-refractivity contribution in [2.24, 2.45) is 11.7 Å². The topological polar surface area (TPSA) is 26.0 Å². The van der Waals surface area contributed by atoms with Crippen LogP contribution in [0.1, 0.15) is 42.9 Å². The molecule has 1 nitrogen and oxygen atoms in total. The smallest absolute Gasteiger partial charge is 0.324 e. The minimum absolute atomic E-state index is 0. The van der Waals surface area contributed by atoms with Crippen LogP contribution in [0.2, 0.25) is 0 Å². The first-order chi connectivity index (χ1) is 8.00. The molecule has 18 heavy (non-hydrogen) atoms. The van der Waals surface area contributed by atoms with Crippen LogP contribution in [-0.2, 0) is 6.18 Å². The summed E-state index contributed by atoms with van der Waals surface area (Å²) < 4.78 is 38.5. The van der Waals surface area contributed by atoms with E-state index >= 15 is 0 Å². The van der Waals surface area contributed by atoms with Crippen molar-refractivity contribution in [2.75, 3.05) is 0 Å². The van der Waals surface area contributed by atoms with Crippen molar-refractivity contribution < 1.29 is 13.2 Å². The molecular formula is C13H17ClF3N. The van der Waals surface area contributed by atoms with Gasteiger partial charge in [0.25, 0.3) is 0 Å². The lowest BCUT2D eigenvalue weighted by Gasteiger charge is -2.23. The Bertz CT molecular complexity index is 386. The summed E-state index contributed by atoms with van der Waals surface area (Å²) >= 11 is 0. The van der Waals surface area contributed by atoms with Gasteiger partial charge in [-0.1, -0.05) is 31.0 Å². The lowest BCUT2D eigenvalue weighted by Crippen LogP contribution is -2.23. The molecule has 0 aromatic heterocycles. The minimum Gasteiger partial charge on any atom is -0.324 e. The highest BCUT2D eigenvalue weighted by Crippen LogP contribution is 2.39. The van der Waals surface area contributed by atoms with E-state index in [-0.39, 0.29) is 23.9 Å². The number of nitrogens with two attached hydrogens (primary N) is 1. The molecule has 1 aliphatic rings. The summed E-state index contributed by atoms with van der Waals surface area (Å²) in [5.74, 6) is 0.193. The highest BCUT2D eigenvalue weighted by Gasteiger charge is 2.36. The van der Waals surface area contributed by atoms with Gasteiger partial charge in [-0.2, -0.15) is 13.2 Å². The van der Waals surface area contributed by atoms with E-state index in [0.717, 1.165) is 31.7 Å². The maximum absolute atomic E-state index is 12.8. The van der Waals surface area contributed by atoms with Crippen LogP contribution >= 0.6 is 12.4 Å². The lowest BCUT2D eigenvalue weighted by molar-refractivity contribution is -0.138. The van der Waals surface area contributed by atoms with E-state index in [1.165, 1.54) is 12.1 Å². The zero-order valence-corrected chi connectivity index (χ0v) is 10.7. The summed E-state index contributed by atoms with van der Waals surface area (Å²) in [4.78, 5) is 0. The molecule has 1 aromatic carbocycles. The lowest BCUT2D eigenvalue weighted by atomic mass is 9.89. The van der Waals surface area contributed by atoms with Crippen molar-refractivity contribution in [3.8, 4) is 0 Å². The van der Waals surface area contributed by atoms with Gasteiger partial charge in [-0.05, 0) is 30.4 Å². The van der Waals surface area contributed by atoms with Gasteiger partial charge in [0.05, 0.1) is 5.56 Å². The second-order valence-electron chi connectivity index (χ2n) is 4.66. The molecule has 5 heteroatoms. The molecule has 1 aromatic rings. The number of hydrogen-bond acceptors (Lipinski definition) is 1. The Labute approximate surface area is 111 Å². The third-order valence-corrected chi connectivity index (χ3v) is 3.53. The van der Waals surface area contributed by atoms with Gasteiger partial charge in [0.1, 0.15) is 0 Å². The Kier molecular flexibility index (Phi) is 5.05. The summed E-state index contributed by atoms with van der Waals surface area (Å²) in [6, 6.07) is 5.17. The van der Waals surface area contributed by atoms with Crippen molar-refractivity contribution in [1.82, 2.24) is 0 Å². The van der Waals surface area contributed by atoms with Crippen molar-refractivity contribution in [3.05, 3.63) is 35.4 Å². The molecule has 102 valence electrons. The number of halogens is 4. The second kappa shape index (κ2) is 5.93. The predicted molar refractivity (Wildman–Crippen MR) is 67.6 cm³/mol. The van der Waals surface area contributed by atoms with Crippen LogP contribution in [0.25, 0.3) is 0 Å². The maximum Gasteiger partial charge on any atom is 0.416 e. The average Bonchev–Trinajstić information content (AvgIpc) is 2.80. The van der Waals surface area contributed by atoms with Crippen LogP contribution in [0, 0.1) is 5.92 Å². The van der Waals surface area contributed by atoms with Gasteiger partial charge in [0.15, 0.2) is 0 Å². The molecule has 0 aliphatic heterocycles. The molecule has 0 radical (unpaired) electrons. The highest BCUT2D eigenvalue weighted by molar-refractivity contribution is 5.85. The molecular weight excluding hydrogens is 263 g/mol. The first-order valence-corrected chi connectivity index (χ1v) is 5.92. The van der Waals surface area contributed by atoms with Gasteiger partial charge in [-0.25, -0.2) is 0 Å². The van der Waals surface area contributed by atoms with Crippen LogP contribution in [0.4, 0.5) is 13.2 Å². The number of hydrogen-bond donors (Lipinski definition) is 1. The van der Waals surface area contributed by atoms with Crippen LogP contribution in [0.3, 0.4) is 0 Å². The normalized spacial score (nSPS) is 18.4. The van der Waals surface area contributed by atoms with Crippen molar-refractivity contribution in [1.29, 1.82) is 0 Å². The second-order valence-corrected chi connectivity index (χ2v) is 4.66. The van der Waals surface area contributed by atoms with E-state index in [0.29, 0.717) is 0 Å². The number of alkyl halides is 3. The highest BCUT2D eigenvalue weighted by atomic mass is 35.5. The summed E-state index contributed by atoms with van der Waals surface area (Å²) in [5.41, 5.74) is 5.66. The van der Waals surface area contributed by atoms with E-state index in [1.807, 2.05) is 0 Å². The molecule has 2 N–H and O–H groups in total. The van der Waals surface area contributed by atoms with Crippen LogP contribution in [-0.4, -0.2) is 0 Å². The zero-order valence-electron chi connectivity index (χ0n) is 9.91. The van der Waals surface area contributed by atoms with Crippen LogP contribution in [0.5, 0.6) is 0 Å². The molecule has 0 unspecified atom stereocenters. The Morgan fingerprint density at radius 1 is 1.11 bits per heavy atom. The quantitative estimate of drug-likeness (QED) is 0.857. The summed E-state index contributed by atoms with van der Waals surface area (Å²) in [7, 11) is 0. The summed E-state index contributed by atoms with van der Waals surface area (Å²) in [6.45, 7) is 0. The molecule has 1 aliphatic carbocycles. The van der Waals surface area contributed by atoms with Gasteiger partial charge in [0.2, 0.25) is 0 Å². The van der Waals surface area contributed by atoms with Gasteiger partial charge in [-0.3, -0.25) is 0 Å². The van der Waals surface area contributed by atoms with Crippen LogP contribution in [0.15, 0.2) is 24.3 Å². The van der Waals surface area contributed by atoms with Crippen molar-refractivity contribution in [3.63, 3.8) is 0 Å². The van der Waals surface area contributed by atoms with Crippen molar-refractivity contribution >= 4 is 12.4 Å². The standard InChI is InChI=1S/C13H16F3N.ClH/c14-13(15,16)11-8-4-3-7-10(11)12(17)9-5-1-2-6-9;/h3-4,7-9,12H,1-2,5-6,17H2;1H/t12-;/m1./s1. The third-order valence-electron chi connectivity index (χ3n) is 3.53. The number of rotatable bonds is 2. The largest absolute Gasteiger partial charge is 0.416 e. The van der Waals surface area contributed by atoms with E-state index in [9.17, 15) is 13.2 Å². The Balaban J connectivity index is 0.00000162. The molecule has 1 fully saturated rings. The maximum atomic E-state index is 12.8. The van der Waals surface area contributed by atoms with E-state index in [4.69, 9.17) is 5.73 Å². The Morgan fingerprint density at radius 3 is 2.22 bits per heavy atom. The monoisotopic (exact) mass is 279 g/mol. The zero-order chi connectivity index (χ0) is 12.5. The summed E-state index contributed by atoms with van der Waals surface area (Å²) in [5, 5.41) is 0. The molecule has 0 heterocycles. The SMILES string of the molecule is Cl.N[C@@H](c1ccccc1C(F)(F)F)C1CCCC1. The van der Waals surface area contributed by atoms with Gasteiger partial charge >= 0.3 is 6.18 Å². The summed E-state index contributed by atoms with van der Waals surface area (Å²) in [6.07, 6.45) is -0.285. The average molecular weight is 280 g/mol. The first kappa shape index (κ1) is 15.3. The molecule has 0 saturated heterocycles. The van der Waals surface area contributed by atoms with E-state index < -0.39 is 17.8 Å². The third kappa shape index (κ3) is 3.18. The van der Waals surface area contributed by atoms with E-state index in [1.54, 1.807) is 6.07 Å². The molecule has 0 bridgehead atoms. The Morgan fingerprint density at radius 2 is 1.67 bits per heavy atom. The molecule has 0 spiro atoms. The molecule has 0 amide bonds. The molecule has 1 atom stereocenters. The van der Waals surface area contributed by atoms with Crippen molar-refractivity contribution in [2.45, 2.75) is 37.9 Å². The fraction of sp³-hybridized carbons (Fsp3) is 0.538. The first-order valence-electron chi connectivity index (χ1n) is 5.92. The fourth-order valence-corrected chi connectivity index (χ4v) is 2.62. The Hall–Kier alpha value is -0.740. The predicted octanol–water partition coefficient (Wildman–Crippen LogP) is 4.32. The van der Waals surface area contributed by atoms with E-state index in [2.05, 4.69) is 0 Å². The minimum atomic E-state index is -4.31. The molecule has 2 rings (SSSR count). The van der Waals surface area contributed by atoms with Gasteiger partial charge < -0.3 is 5.73 Å². The van der Waals surface area contributed by atoms with Crippen LogP contribution < -0.4 is 5.73 Å². The van der Waals surface area contributed by atoms with Gasteiger partial charge in [-0.15, -0.1) is 12.4 Å².